The van der Waals surface area contributed by atoms with E-state index in [-0.39, 0.29) is 19.0 Å². The molecule has 1 saturated carbocycles. The smallest absolute Gasteiger partial charge is 0.293 e. The number of benzene rings is 2. The summed E-state index contributed by atoms with van der Waals surface area (Å²) in [6.45, 7) is 4.51. The van der Waals surface area contributed by atoms with Crippen LogP contribution in [0.5, 0.6) is 5.75 Å². The summed E-state index contributed by atoms with van der Waals surface area (Å²) < 4.78 is 17.7. The van der Waals surface area contributed by atoms with E-state index in [1.165, 1.54) is 0 Å². The molecule has 0 radical (unpaired) electrons. The quantitative estimate of drug-likeness (QED) is 0.659. The molecule has 0 saturated heterocycles. The monoisotopic (exact) mass is 416 g/mol. The zero-order chi connectivity index (χ0) is 22.1. The third kappa shape index (κ3) is 2.75. The number of hydrogen-bond acceptors (Lipinski definition) is 7. The molecule has 0 spiro atoms. The number of ether oxygens (including phenoxy) is 3. The van der Waals surface area contributed by atoms with Gasteiger partial charge in [0.2, 0.25) is 0 Å². The van der Waals surface area contributed by atoms with Crippen molar-refractivity contribution in [3.63, 3.8) is 0 Å². The molecule has 1 aliphatic carbocycles. The van der Waals surface area contributed by atoms with Crippen LogP contribution in [0.25, 0.3) is 0 Å². The minimum absolute atomic E-state index is 0.0686. The predicted molar refractivity (Wildman–Crippen MR) is 114 cm³/mol. The molecule has 1 aliphatic heterocycles. The minimum Gasteiger partial charge on any atom is -0.489 e. The highest BCUT2D eigenvalue weighted by molar-refractivity contribution is 6.00. The molecule has 158 valence electrons. The Morgan fingerprint density at radius 3 is 2.32 bits per heavy atom. The number of rotatable bonds is 8. The van der Waals surface area contributed by atoms with Crippen LogP contribution in [0.4, 0.5) is 0 Å². The minimum atomic E-state index is -1.61. The number of hydrogen-bond donors (Lipinski definition) is 1. The van der Waals surface area contributed by atoms with Crippen LogP contribution < -0.4 is 10.5 Å². The molecule has 7 nitrogen and oxygen atoms in total. The third-order valence-electron chi connectivity index (χ3n) is 6.05. The Morgan fingerprint density at radius 1 is 1.00 bits per heavy atom. The van der Waals surface area contributed by atoms with Crippen LogP contribution in [0.1, 0.15) is 30.9 Å². The van der Waals surface area contributed by atoms with Crippen molar-refractivity contribution in [3.05, 3.63) is 65.7 Å². The van der Waals surface area contributed by atoms with Crippen LogP contribution >= 0.6 is 0 Å². The molecule has 3 atom stereocenters. The van der Waals surface area contributed by atoms with Crippen LogP contribution in [0.3, 0.4) is 0 Å². The van der Waals surface area contributed by atoms with Crippen molar-refractivity contribution in [1.29, 1.82) is 10.5 Å². The standard InChI is InChI=1S/C24H24N4O3/c1-3-30-24(31-4-2)23(16-26)20(22(23,15-25)21(27)28-24)18-11-8-12-19(13-18)29-14-17-9-6-5-7-10-17/h5-13,20H,3-4,14H2,1-2H3,(H2,27,28)/t20-,22-,23-/m1/s1. The van der Waals surface area contributed by atoms with Gasteiger partial charge in [0.1, 0.15) is 23.6 Å². The maximum absolute atomic E-state index is 10.3. The second kappa shape index (κ2) is 7.70. The average molecular weight is 416 g/mol. The number of fused-ring (bicyclic) bond motifs is 1. The van der Waals surface area contributed by atoms with Crippen LogP contribution in [-0.2, 0) is 16.1 Å². The molecule has 0 amide bonds. The Balaban J connectivity index is 1.71. The van der Waals surface area contributed by atoms with Crippen molar-refractivity contribution in [1.82, 2.24) is 0 Å². The summed E-state index contributed by atoms with van der Waals surface area (Å²) in [6.07, 6.45) is 0. The normalized spacial score (nSPS) is 27.5. The van der Waals surface area contributed by atoms with Gasteiger partial charge >= 0.3 is 0 Å². The highest BCUT2D eigenvalue weighted by atomic mass is 16.7. The van der Waals surface area contributed by atoms with E-state index < -0.39 is 22.7 Å². The number of nitrogens with zero attached hydrogens (tertiary/aromatic N) is 3. The Kier molecular flexibility index (Phi) is 5.18. The van der Waals surface area contributed by atoms with Gasteiger partial charge < -0.3 is 19.9 Å². The second-order valence-corrected chi connectivity index (χ2v) is 7.56. The van der Waals surface area contributed by atoms with E-state index >= 15 is 0 Å². The van der Waals surface area contributed by atoms with Crippen molar-refractivity contribution >= 4 is 5.84 Å². The summed E-state index contributed by atoms with van der Waals surface area (Å²) in [4.78, 5) is 4.36. The maximum atomic E-state index is 10.3. The van der Waals surface area contributed by atoms with Crippen molar-refractivity contribution in [3.8, 4) is 17.9 Å². The van der Waals surface area contributed by atoms with Crippen molar-refractivity contribution in [2.75, 3.05) is 13.2 Å². The van der Waals surface area contributed by atoms with Gasteiger partial charge in [-0.3, -0.25) is 0 Å². The van der Waals surface area contributed by atoms with Crippen LogP contribution in [0.15, 0.2) is 59.6 Å². The van der Waals surface area contributed by atoms with Gasteiger partial charge in [-0.25, -0.2) is 4.99 Å². The second-order valence-electron chi connectivity index (χ2n) is 7.56. The van der Waals surface area contributed by atoms with E-state index in [2.05, 4.69) is 17.1 Å². The van der Waals surface area contributed by atoms with E-state index in [0.717, 1.165) is 11.1 Å². The van der Waals surface area contributed by atoms with E-state index in [0.29, 0.717) is 12.4 Å². The van der Waals surface area contributed by atoms with Crippen LogP contribution in [0.2, 0.25) is 0 Å². The van der Waals surface area contributed by atoms with Crippen molar-refractivity contribution in [2.24, 2.45) is 21.6 Å². The summed E-state index contributed by atoms with van der Waals surface area (Å²) in [5.74, 6) is -1.46. The van der Waals surface area contributed by atoms with E-state index in [1.807, 2.05) is 54.6 Å². The lowest BCUT2D eigenvalue weighted by atomic mass is 9.93. The fourth-order valence-corrected chi connectivity index (χ4v) is 4.77. The van der Waals surface area contributed by atoms with Gasteiger partial charge in [-0.05, 0) is 37.1 Å². The van der Waals surface area contributed by atoms with Gasteiger partial charge in [0.25, 0.3) is 5.91 Å². The van der Waals surface area contributed by atoms with Crippen molar-refractivity contribution < 1.29 is 14.2 Å². The first kappa shape index (κ1) is 20.9. The number of nitriles is 2. The van der Waals surface area contributed by atoms with Crippen LogP contribution in [0, 0.1) is 33.5 Å². The largest absolute Gasteiger partial charge is 0.489 e. The summed E-state index contributed by atoms with van der Waals surface area (Å²) in [6, 6.07) is 21.8. The van der Waals surface area contributed by atoms with E-state index in [9.17, 15) is 10.5 Å². The summed E-state index contributed by atoms with van der Waals surface area (Å²) in [5, 5.41) is 20.5. The predicted octanol–water partition coefficient (Wildman–Crippen LogP) is 3.48. The zero-order valence-corrected chi connectivity index (χ0v) is 17.5. The first-order valence-corrected chi connectivity index (χ1v) is 10.3. The van der Waals surface area contributed by atoms with Gasteiger partial charge in [0.05, 0.1) is 12.1 Å². The molecule has 0 aromatic heterocycles. The fraction of sp³-hybridized carbons (Fsp3) is 0.375. The van der Waals surface area contributed by atoms with Gasteiger partial charge in [-0.2, -0.15) is 10.5 Å². The SMILES string of the molecule is CCOC1(OCC)N=C(N)[C@@]2(C#N)[C@@H](c3cccc(OCc4ccccc4)c3)[C@@]12C#N. The summed E-state index contributed by atoms with van der Waals surface area (Å²) in [7, 11) is 0. The molecule has 2 aromatic rings. The average Bonchev–Trinajstić information content (AvgIpc) is 3.38. The molecule has 7 heteroatoms. The first-order valence-electron chi connectivity index (χ1n) is 10.3. The Bertz CT molecular complexity index is 1080. The lowest BCUT2D eigenvalue weighted by molar-refractivity contribution is -0.255. The molecule has 2 aromatic carbocycles. The van der Waals surface area contributed by atoms with E-state index in [4.69, 9.17) is 19.9 Å². The van der Waals surface area contributed by atoms with Gasteiger partial charge in [0.15, 0.2) is 5.41 Å². The van der Waals surface area contributed by atoms with Gasteiger partial charge in [0, 0.05) is 19.1 Å². The molecule has 2 N–H and O–H groups in total. The molecular weight excluding hydrogens is 392 g/mol. The molecule has 0 bridgehead atoms. The number of aliphatic imine (C=N–C) groups is 1. The Hall–Kier alpha value is -3.39. The molecule has 31 heavy (non-hydrogen) atoms. The molecule has 4 rings (SSSR count). The Morgan fingerprint density at radius 2 is 1.71 bits per heavy atom. The molecular formula is C24H24N4O3. The molecule has 1 heterocycles. The highest BCUT2D eigenvalue weighted by Gasteiger charge is 2.93. The molecule has 0 unspecified atom stereocenters. The Labute approximate surface area is 181 Å². The third-order valence-corrected chi connectivity index (χ3v) is 6.05. The topological polar surface area (TPSA) is 114 Å². The van der Waals surface area contributed by atoms with Crippen molar-refractivity contribution in [2.45, 2.75) is 32.3 Å². The van der Waals surface area contributed by atoms with Gasteiger partial charge in [-0.1, -0.05) is 42.5 Å². The zero-order valence-electron chi connectivity index (χ0n) is 17.5. The summed E-state index contributed by atoms with van der Waals surface area (Å²) >= 11 is 0. The molecule has 2 aliphatic rings. The van der Waals surface area contributed by atoms with Crippen LogP contribution in [-0.4, -0.2) is 25.0 Å². The highest BCUT2D eigenvalue weighted by Crippen LogP contribution is 2.82. The maximum Gasteiger partial charge on any atom is 0.293 e. The molecule has 1 fully saturated rings. The fourth-order valence-electron chi connectivity index (χ4n) is 4.77. The summed E-state index contributed by atoms with van der Waals surface area (Å²) in [5.41, 5.74) is 5.36. The lowest BCUT2D eigenvalue weighted by Gasteiger charge is -2.31. The lowest BCUT2D eigenvalue weighted by Crippen LogP contribution is -2.43. The first-order chi connectivity index (χ1) is 15.0. The number of amidine groups is 1. The van der Waals surface area contributed by atoms with E-state index in [1.54, 1.807) is 13.8 Å². The number of nitrogens with two attached hydrogens (primary N) is 1. The van der Waals surface area contributed by atoms with Gasteiger partial charge in [-0.15, -0.1) is 0 Å².